The monoisotopic (exact) mass is 424 g/mol. The first-order valence-corrected chi connectivity index (χ1v) is 10.8. The Kier molecular flexibility index (Phi) is 7.33. The summed E-state index contributed by atoms with van der Waals surface area (Å²) >= 11 is 0. The maximum absolute atomic E-state index is 13.2. The van der Waals surface area contributed by atoms with Gasteiger partial charge in [-0.05, 0) is 43.4 Å². The van der Waals surface area contributed by atoms with Crippen molar-refractivity contribution in [2.75, 3.05) is 20.7 Å². The lowest BCUT2D eigenvalue weighted by Gasteiger charge is -2.34. The van der Waals surface area contributed by atoms with E-state index in [-0.39, 0.29) is 23.3 Å². The second kappa shape index (κ2) is 9.96. The molecule has 1 aliphatic carbocycles. The largest absolute Gasteiger partial charge is 0.496 e. The van der Waals surface area contributed by atoms with Crippen LogP contribution in [0.3, 0.4) is 0 Å². The van der Waals surface area contributed by atoms with Gasteiger partial charge in [0.05, 0.1) is 24.8 Å². The van der Waals surface area contributed by atoms with E-state index >= 15 is 0 Å². The minimum absolute atomic E-state index is 0.0693. The fraction of sp³-hybridized carbons (Fsp3) is 0.440. The van der Waals surface area contributed by atoms with Gasteiger partial charge in [-0.3, -0.25) is 9.59 Å². The van der Waals surface area contributed by atoms with Crippen LogP contribution in [0, 0.1) is 0 Å². The molecule has 0 aliphatic heterocycles. The highest BCUT2D eigenvalue weighted by atomic mass is 16.5. The normalized spacial score (nSPS) is 23.5. The van der Waals surface area contributed by atoms with Gasteiger partial charge in [0.1, 0.15) is 5.75 Å². The first kappa shape index (κ1) is 22.8. The minimum atomic E-state index is -0.647. The molecule has 0 aromatic heterocycles. The van der Waals surface area contributed by atoms with Crippen LogP contribution in [0.25, 0.3) is 0 Å². The Morgan fingerprint density at radius 1 is 1.10 bits per heavy atom. The molecule has 6 heteroatoms. The summed E-state index contributed by atoms with van der Waals surface area (Å²) in [6.45, 7) is 2.03. The lowest BCUT2D eigenvalue weighted by Crippen LogP contribution is -2.44. The topological polar surface area (TPSA) is 78.9 Å². The van der Waals surface area contributed by atoms with Gasteiger partial charge >= 0.3 is 0 Å². The second-order valence-corrected chi connectivity index (χ2v) is 8.38. The van der Waals surface area contributed by atoms with Crippen LogP contribution >= 0.6 is 0 Å². The summed E-state index contributed by atoms with van der Waals surface area (Å²) in [6, 6.07) is 17.0. The average molecular weight is 425 g/mol. The van der Waals surface area contributed by atoms with E-state index in [9.17, 15) is 14.7 Å². The molecule has 0 bridgehead atoms. The number of likely N-dealkylation sites (N-methyl/N-ethyl adjacent to an activating group) is 1. The number of hydrogen-bond acceptors (Lipinski definition) is 4. The van der Waals surface area contributed by atoms with Crippen LogP contribution in [0.1, 0.15) is 48.5 Å². The van der Waals surface area contributed by atoms with Crippen molar-refractivity contribution in [3.63, 3.8) is 0 Å². The number of aliphatic hydroxyl groups excluding tert-OH is 1. The average Bonchev–Trinajstić information content (AvgIpc) is 2.97. The Hall–Kier alpha value is -2.86. The van der Waals surface area contributed by atoms with E-state index in [4.69, 9.17) is 4.74 Å². The molecule has 0 spiro atoms. The lowest BCUT2D eigenvalue weighted by atomic mass is 9.74. The summed E-state index contributed by atoms with van der Waals surface area (Å²) in [7, 11) is 3.29. The second-order valence-electron chi connectivity index (χ2n) is 8.38. The van der Waals surface area contributed by atoms with E-state index in [0.29, 0.717) is 30.7 Å². The Morgan fingerprint density at radius 3 is 2.42 bits per heavy atom. The van der Waals surface area contributed by atoms with Gasteiger partial charge in [0.25, 0.3) is 5.91 Å². The van der Waals surface area contributed by atoms with Crippen LogP contribution in [0.4, 0.5) is 0 Å². The molecule has 6 nitrogen and oxygen atoms in total. The smallest absolute Gasteiger partial charge is 0.257 e. The summed E-state index contributed by atoms with van der Waals surface area (Å²) in [5.41, 5.74) is 1.35. The SMILES string of the molecule is COc1ccccc1C(=O)N(C)[C@H]1CC[C@@](CNC(C)=O)(c2ccccc2)CC[C@@H]1O. The van der Waals surface area contributed by atoms with Crippen LogP contribution in [0.2, 0.25) is 0 Å². The molecule has 1 fully saturated rings. The highest BCUT2D eigenvalue weighted by Gasteiger charge is 2.40. The molecule has 2 N–H and O–H groups in total. The third-order valence-corrected chi connectivity index (χ3v) is 6.50. The van der Waals surface area contributed by atoms with Gasteiger partial charge < -0.3 is 20.1 Å². The summed E-state index contributed by atoms with van der Waals surface area (Å²) < 4.78 is 5.35. The van der Waals surface area contributed by atoms with Crippen LogP contribution in [0.5, 0.6) is 5.75 Å². The van der Waals surface area contributed by atoms with Crippen molar-refractivity contribution in [2.45, 2.75) is 50.2 Å². The number of benzene rings is 2. The van der Waals surface area contributed by atoms with Gasteiger partial charge in [0.15, 0.2) is 0 Å². The maximum Gasteiger partial charge on any atom is 0.257 e. The van der Waals surface area contributed by atoms with E-state index in [1.807, 2.05) is 24.3 Å². The maximum atomic E-state index is 13.2. The molecular formula is C25H32N2O4. The lowest BCUT2D eigenvalue weighted by molar-refractivity contribution is -0.119. The standard InChI is InChI=1S/C25H32N2O4/c1-18(28)26-17-25(19-9-5-4-6-10-19)15-13-21(22(29)14-16-25)27(2)24(30)20-11-7-8-12-23(20)31-3/h4-12,21-22,29H,13-17H2,1-3H3,(H,26,28)/t21-,22-,25+/m0/s1. The molecule has 0 heterocycles. The van der Waals surface area contributed by atoms with Crippen molar-refractivity contribution in [3.05, 3.63) is 65.7 Å². The van der Waals surface area contributed by atoms with Crippen molar-refractivity contribution in [3.8, 4) is 5.75 Å². The van der Waals surface area contributed by atoms with Crippen molar-refractivity contribution in [2.24, 2.45) is 0 Å². The van der Waals surface area contributed by atoms with E-state index in [2.05, 4.69) is 17.4 Å². The zero-order valence-corrected chi connectivity index (χ0v) is 18.5. The van der Waals surface area contributed by atoms with Crippen LogP contribution in [0.15, 0.2) is 54.6 Å². The molecule has 3 atom stereocenters. The predicted molar refractivity (Wildman–Crippen MR) is 120 cm³/mol. The van der Waals surface area contributed by atoms with E-state index in [0.717, 1.165) is 18.4 Å². The van der Waals surface area contributed by atoms with Gasteiger partial charge in [-0.1, -0.05) is 42.5 Å². The summed E-state index contributed by atoms with van der Waals surface area (Å²) in [5.74, 6) is 0.280. The quantitative estimate of drug-likeness (QED) is 0.699. The number of nitrogens with one attached hydrogen (secondary N) is 1. The number of rotatable bonds is 6. The Morgan fingerprint density at radius 2 is 1.74 bits per heavy atom. The molecule has 166 valence electrons. The van der Waals surface area contributed by atoms with Crippen molar-refractivity contribution in [1.29, 1.82) is 0 Å². The Bertz CT molecular complexity index is 901. The number of hydrogen-bond donors (Lipinski definition) is 2. The molecule has 1 aliphatic rings. The van der Waals surface area contributed by atoms with E-state index in [1.54, 1.807) is 37.3 Å². The van der Waals surface area contributed by atoms with Crippen LogP contribution < -0.4 is 10.1 Å². The van der Waals surface area contributed by atoms with E-state index in [1.165, 1.54) is 6.92 Å². The number of para-hydroxylation sites is 1. The highest BCUT2D eigenvalue weighted by Crippen LogP contribution is 2.39. The predicted octanol–water partition coefficient (Wildman–Crippen LogP) is 3.14. The number of amides is 2. The third-order valence-electron chi connectivity index (χ3n) is 6.50. The van der Waals surface area contributed by atoms with E-state index < -0.39 is 6.10 Å². The molecule has 2 aromatic carbocycles. The number of carbonyl (C=O) groups excluding carboxylic acids is 2. The zero-order chi connectivity index (χ0) is 22.4. The highest BCUT2D eigenvalue weighted by molar-refractivity contribution is 5.97. The first-order chi connectivity index (χ1) is 14.9. The summed E-state index contributed by atoms with van der Waals surface area (Å²) in [6.07, 6.45) is 2.01. The van der Waals surface area contributed by atoms with Crippen molar-refractivity contribution < 1.29 is 19.4 Å². The Balaban J connectivity index is 1.85. The summed E-state index contributed by atoms with van der Waals surface area (Å²) in [4.78, 5) is 26.5. The number of ether oxygens (including phenoxy) is 1. The zero-order valence-electron chi connectivity index (χ0n) is 18.5. The fourth-order valence-corrected chi connectivity index (χ4v) is 4.62. The molecule has 2 amide bonds. The van der Waals surface area contributed by atoms with Gasteiger partial charge in [-0.25, -0.2) is 0 Å². The number of nitrogens with zero attached hydrogens (tertiary/aromatic N) is 1. The Labute approximate surface area is 184 Å². The fourth-order valence-electron chi connectivity index (χ4n) is 4.62. The number of aliphatic hydroxyl groups is 1. The molecule has 31 heavy (non-hydrogen) atoms. The molecule has 1 saturated carbocycles. The molecule has 3 rings (SSSR count). The first-order valence-electron chi connectivity index (χ1n) is 10.8. The molecule has 0 radical (unpaired) electrons. The molecule has 0 saturated heterocycles. The van der Waals surface area contributed by atoms with Gasteiger partial charge in [-0.2, -0.15) is 0 Å². The van der Waals surface area contributed by atoms with Gasteiger partial charge in [0, 0.05) is 25.9 Å². The number of carbonyl (C=O) groups is 2. The third kappa shape index (κ3) is 5.07. The van der Waals surface area contributed by atoms with Gasteiger partial charge in [0.2, 0.25) is 5.91 Å². The van der Waals surface area contributed by atoms with Crippen LogP contribution in [-0.2, 0) is 10.2 Å². The molecule has 2 aromatic rings. The van der Waals surface area contributed by atoms with Gasteiger partial charge in [-0.15, -0.1) is 0 Å². The summed E-state index contributed by atoms with van der Waals surface area (Å²) in [5, 5.41) is 14.0. The molecular weight excluding hydrogens is 392 g/mol. The minimum Gasteiger partial charge on any atom is -0.496 e. The van der Waals surface area contributed by atoms with Crippen molar-refractivity contribution >= 4 is 11.8 Å². The number of methoxy groups -OCH3 is 1. The molecule has 0 unspecified atom stereocenters. The van der Waals surface area contributed by atoms with Crippen molar-refractivity contribution in [1.82, 2.24) is 10.2 Å². The van der Waals surface area contributed by atoms with Crippen LogP contribution in [-0.4, -0.2) is 54.7 Å².